The fourth-order valence-corrected chi connectivity index (χ4v) is 2.29. The molecule has 0 bridgehead atoms. The Morgan fingerprint density at radius 1 is 1.16 bits per heavy atom. The van der Waals surface area contributed by atoms with Crippen LogP contribution < -0.4 is 5.32 Å². The summed E-state index contributed by atoms with van der Waals surface area (Å²) in [5, 5.41) is 3.71. The lowest BCUT2D eigenvalue weighted by Crippen LogP contribution is -2.20. The molecule has 2 rings (SSSR count). The molecule has 0 aliphatic rings. The van der Waals surface area contributed by atoms with Crippen molar-refractivity contribution in [3.05, 3.63) is 70.0 Å². The van der Waals surface area contributed by atoms with Crippen molar-refractivity contribution in [2.75, 3.05) is 7.05 Å². The van der Waals surface area contributed by atoms with Gasteiger partial charge in [0.25, 0.3) is 0 Å². The molecule has 1 atom stereocenters. The minimum absolute atomic E-state index is 0.0820. The van der Waals surface area contributed by atoms with Crippen molar-refractivity contribution in [2.24, 2.45) is 0 Å². The van der Waals surface area contributed by atoms with Gasteiger partial charge in [0.05, 0.1) is 0 Å². The first-order chi connectivity index (χ1) is 9.10. The zero-order valence-corrected chi connectivity index (χ0v) is 11.8. The van der Waals surface area contributed by atoms with E-state index in [1.54, 1.807) is 12.1 Å². The smallest absolute Gasteiger partial charge is 0.128 e. The first kappa shape index (κ1) is 14.0. The van der Waals surface area contributed by atoms with E-state index in [2.05, 4.69) is 36.5 Å². The normalized spacial score (nSPS) is 12.4. The monoisotopic (exact) mass is 277 g/mol. The quantitative estimate of drug-likeness (QED) is 0.879. The lowest BCUT2D eigenvalue weighted by molar-refractivity contribution is 0.534. The van der Waals surface area contributed by atoms with Gasteiger partial charge in [0.2, 0.25) is 0 Å². The van der Waals surface area contributed by atoms with Crippen LogP contribution in [-0.2, 0) is 6.42 Å². The number of likely N-dealkylation sites (N-methyl/N-ethyl adjacent to an activating group) is 1. The maximum absolute atomic E-state index is 13.9. The summed E-state index contributed by atoms with van der Waals surface area (Å²) in [6, 6.07) is 12.9. The molecule has 2 aromatic rings. The first-order valence-electron chi connectivity index (χ1n) is 6.28. The van der Waals surface area contributed by atoms with Gasteiger partial charge < -0.3 is 5.32 Å². The van der Waals surface area contributed by atoms with Crippen molar-refractivity contribution in [3.8, 4) is 0 Å². The number of hydrogen-bond donors (Lipinski definition) is 1. The molecule has 0 aliphatic heterocycles. The molecule has 0 amide bonds. The van der Waals surface area contributed by atoms with E-state index in [9.17, 15) is 4.39 Å². The molecule has 0 aromatic heterocycles. The standard InChI is InChI=1S/C16H17ClFN/c1-11-3-5-12(6-4-11)9-16(19-2)14-10-13(17)7-8-15(14)18/h3-8,10,16,19H,9H2,1-2H3. The maximum atomic E-state index is 13.9. The van der Waals surface area contributed by atoms with E-state index in [4.69, 9.17) is 11.6 Å². The van der Waals surface area contributed by atoms with Gasteiger partial charge in [0.1, 0.15) is 5.82 Å². The highest BCUT2D eigenvalue weighted by molar-refractivity contribution is 6.30. The van der Waals surface area contributed by atoms with Crippen LogP contribution in [0.2, 0.25) is 5.02 Å². The summed E-state index contributed by atoms with van der Waals surface area (Å²) in [4.78, 5) is 0. The SMILES string of the molecule is CNC(Cc1ccc(C)cc1)c1cc(Cl)ccc1F. The predicted molar refractivity (Wildman–Crippen MR) is 78.1 cm³/mol. The predicted octanol–water partition coefficient (Wildman–Crippen LogP) is 4.29. The highest BCUT2D eigenvalue weighted by Crippen LogP contribution is 2.24. The topological polar surface area (TPSA) is 12.0 Å². The van der Waals surface area contributed by atoms with Crippen LogP contribution in [0.3, 0.4) is 0 Å². The van der Waals surface area contributed by atoms with Gasteiger partial charge in [-0.15, -0.1) is 0 Å². The van der Waals surface area contributed by atoms with E-state index in [-0.39, 0.29) is 11.9 Å². The van der Waals surface area contributed by atoms with Crippen LogP contribution in [0.5, 0.6) is 0 Å². The van der Waals surface area contributed by atoms with Crippen LogP contribution in [0.4, 0.5) is 4.39 Å². The zero-order chi connectivity index (χ0) is 13.8. The van der Waals surface area contributed by atoms with E-state index >= 15 is 0 Å². The molecule has 1 unspecified atom stereocenters. The number of halogens is 2. The summed E-state index contributed by atoms with van der Waals surface area (Å²) < 4.78 is 13.9. The van der Waals surface area contributed by atoms with Gasteiger partial charge in [-0.2, -0.15) is 0 Å². The second-order valence-corrected chi connectivity index (χ2v) is 5.13. The number of hydrogen-bond acceptors (Lipinski definition) is 1. The van der Waals surface area contributed by atoms with Crippen LogP contribution >= 0.6 is 11.6 Å². The van der Waals surface area contributed by atoms with Crippen LogP contribution in [-0.4, -0.2) is 7.05 Å². The second kappa shape index (κ2) is 6.18. The van der Waals surface area contributed by atoms with Crippen molar-refractivity contribution in [1.82, 2.24) is 5.32 Å². The van der Waals surface area contributed by atoms with Gasteiger partial charge in [-0.3, -0.25) is 0 Å². The van der Waals surface area contributed by atoms with E-state index < -0.39 is 0 Å². The minimum Gasteiger partial charge on any atom is -0.313 e. The summed E-state index contributed by atoms with van der Waals surface area (Å²) >= 11 is 5.95. The highest BCUT2D eigenvalue weighted by Gasteiger charge is 2.15. The molecule has 0 saturated carbocycles. The summed E-state index contributed by atoms with van der Waals surface area (Å²) in [6.07, 6.45) is 0.730. The molecular formula is C16H17ClFN. The Morgan fingerprint density at radius 3 is 2.47 bits per heavy atom. The molecular weight excluding hydrogens is 261 g/mol. The summed E-state index contributed by atoms with van der Waals surface area (Å²) in [5.41, 5.74) is 3.00. The van der Waals surface area contributed by atoms with Crippen LogP contribution in [0, 0.1) is 12.7 Å². The number of aryl methyl sites for hydroxylation is 1. The number of benzene rings is 2. The molecule has 0 spiro atoms. The first-order valence-corrected chi connectivity index (χ1v) is 6.65. The molecule has 0 fully saturated rings. The Balaban J connectivity index is 2.24. The van der Waals surface area contributed by atoms with Gasteiger partial charge in [0.15, 0.2) is 0 Å². The molecule has 1 nitrogen and oxygen atoms in total. The minimum atomic E-state index is -0.226. The number of nitrogens with one attached hydrogen (secondary N) is 1. The van der Waals surface area contributed by atoms with E-state index in [1.807, 2.05) is 7.05 Å². The third-order valence-electron chi connectivity index (χ3n) is 3.24. The molecule has 100 valence electrons. The summed E-state index contributed by atoms with van der Waals surface area (Å²) in [5.74, 6) is -0.226. The van der Waals surface area contributed by atoms with Gasteiger partial charge in [-0.25, -0.2) is 4.39 Å². The summed E-state index contributed by atoms with van der Waals surface area (Å²) in [7, 11) is 1.83. The second-order valence-electron chi connectivity index (χ2n) is 4.70. The summed E-state index contributed by atoms with van der Waals surface area (Å²) in [6.45, 7) is 2.05. The Labute approximate surface area is 118 Å². The average Bonchev–Trinajstić information content (AvgIpc) is 2.41. The molecule has 0 aliphatic carbocycles. The molecule has 0 heterocycles. The van der Waals surface area contributed by atoms with Gasteiger partial charge >= 0.3 is 0 Å². The van der Waals surface area contributed by atoms with Crippen molar-refractivity contribution in [1.29, 1.82) is 0 Å². The average molecular weight is 278 g/mol. The molecule has 0 saturated heterocycles. The zero-order valence-electron chi connectivity index (χ0n) is 11.1. The van der Waals surface area contributed by atoms with E-state index in [1.165, 1.54) is 17.2 Å². The number of rotatable bonds is 4. The van der Waals surface area contributed by atoms with Crippen molar-refractivity contribution in [3.63, 3.8) is 0 Å². The van der Waals surface area contributed by atoms with Crippen LogP contribution in [0.25, 0.3) is 0 Å². The molecule has 19 heavy (non-hydrogen) atoms. The Morgan fingerprint density at radius 2 is 1.84 bits per heavy atom. The van der Waals surface area contributed by atoms with E-state index in [0.717, 1.165) is 6.42 Å². The molecule has 3 heteroatoms. The van der Waals surface area contributed by atoms with Crippen molar-refractivity contribution in [2.45, 2.75) is 19.4 Å². The molecule has 2 aromatic carbocycles. The third-order valence-corrected chi connectivity index (χ3v) is 3.48. The van der Waals surface area contributed by atoms with Crippen molar-refractivity contribution < 1.29 is 4.39 Å². The van der Waals surface area contributed by atoms with Crippen molar-refractivity contribution >= 4 is 11.6 Å². The van der Waals surface area contributed by atoms with Crippen LogP contribution in [0.15, 0.2) is 42.5 Å². The Bertz CT molecular complexity index is 551. The molecule has 0 radical (unpaired) electrons. The Hall–Kier alpha value is -1.38. The lowest BCUT2D eigenvalue weighted by atomic mass is 9.98. The highest BCUT2D eigenvalue weighted by atomic mass is 35.5. The maximum Gasteiger partial charge on any atom is 0.128 e. The lowest BCUT2D eigenvalue weighted by Gasteiger charge is -2.18. The fraction of sp³-hybridized carbons (Fsp3) is 0.250. The fourth-order valence-electron chi connectivity index (χ4n) is 2.11. The Kier molecular flexibility index (Phi) is 4.56. The van der Waals surface area contributed by atoms with Gasteiger partial charge in [-0.1, -0.05) is 41.4 Å². The van der Waals surface area contributed by atoms with E-state index in [0.29, 0.717) is 10.6 Å². The van der Waals surface area contributed by atoms with Gasteiger partial charge in [0, 0.05) is 16.6 Å². The van der Waals surface area contributed by atoms with Crippen LogP contribution in [0.1, 0.15) is 22.7 Å². The van der Waals surface area contributed by atoms with Gasteiger partial charge in [-0.05, 0) is 44.2 Å². The largest absolute Gasteiger partial charge is 0.313 e. The molecule has 1 N–H and O–H groups in total. The third kappa shape index (κ3) is 3.55.